The van der Waals surface area contributed by atoms with Gasteiger partial charge in [-0.15, -0.1) is 6.42 Å². The topological polar surface area (TPSA) is 46.1 Å². The molecule has 2 heterocycles. The molecule has 4 nitrogen and oxygen atoms in total. The lowest BCUT2D eigenvalue weighted by molar-refractivity contribution is 1.08. The Morgan fingerprint density at radius 3 is 2.77 bits per heavy atom. The SMILES string of the molecule is C#CCN(c1ccc(Br)cc1)c1nc(=O)c2cccnc2s1. The number of hydrogen-bond donors (Lipinski definition) is 0. The molecule has 0 unspecified atom stereocenters. The van der Waals surface area contributed by atoms with Gasteiger partial charge in [-0.1, -0.05) is 33.2 Å². The molecule has 0 saturated carbocycles. The third kappa shape index (κ3) is 2.86. The molecular formula is C16H10BrN3OS. The number of halogens is 1. The molecule has 0 bridgehead atoms. The number of anilines is 2. The summed E-state index contributed by atoms with van der Waals surface area (Å²) in [6.07, 6.45) is 7.13. The van der Waals surface area contributed by atoms with Gasteiger partial charge in [-0.3, -0.25) is 4.79 Å². The number of aromatic nitrogens is 2. The van der Waals surface area contributed by atoms with E-state index in [1.165, 1.54) is 11.3 Å². The average molecular weight is 372 g/mol. The summed E-state index contributed by atoms with van der Waals surface area (Å²) in [7, 11) is 0. The molecule has 2 aromatic heterocycles. The first-order valence-corrected chi connectivity index (χ1v) is 8.02. The van der Waals surface area contributed by atoms with Crippen LogP contribution in [-0.2, 0) is 0 Å². The molecule has 0 aliphatic carbocycles. The van der Waals surface area contributed by atoms with E-state index in [1.807, 2.05) is 29.2 Å². The number of nitrogens with zero attached hydrogens (tertiary/aromatic N) is 3. The van der Waals surface area contributed by atoms with Crippen molar-refractivity contribution in [1.29, 1.82) is 0 Å². The molecule has 0 saturated heterocycles. The van der Waals surface area contributed by atoms with Gasteiger partial charge in [0.15, 0.2) is 5.13 Å². The van der Waals surface area contributed by atoms with Gasteiger partial charge in [0, 0.05) is 16.4 Å². The van der Waals surface area contributed by atoms with Crippen molar-refractivity contribution in [3.8, 4) is 12.3 Å². The highest BCUT2D eigenvalue weighted by atomic mass is 79.9. The van der Waals surface area contributed by atoms with E-state index < -0.39 is 0 Å². The Bertz CT molecular complexity index is 915. The maximum atomic E-state index is 12.2. The molecule has 0 aliphatic heterocycles. The molecule has 108 valence electrons. The molecule has 3 aromatic rings. The fourth-order valence-electron chi connectivity index (χ4n) is 1.99. The third-order valence-electron chi connectivity index (χ3n) is 3.01. The largest absolute Gasteiger partial charge is 0.306 e. The highest BCUT2D eigenvalue weighted by Gasteiger charge is 2.13. The average Bonchev–Trinajstić information content (AvgIpc) is 2.54. The number of rotatable bonds is 3. The van der Waals surface area contributed by atoms with Crippen LogP contribution in [0.3, 0.4) is 0 Å². The van der Waals surface area contributed by atoms with Gasteiger partial charge in [0.1, 0.15) is 4.83 Å². The summed E-state index contributed by atoms with van der Waals surface area (Å²) in [5, 5.41) is 1.06. The number of fused-ring (bicyclic) bond motifs is 1. The van der Waals surface area contributed by atoms with Crippen LogP contribution >= 0.6 is 27.3 Å². The van der Waals surface area contributed by atoms with E-state index in [-0.39, 0.29) is 5.56 Å². The van der Waals surface area contributed by atoms with E-state index in [9.17, 15) is 4.79 Å². The third-order valence-corrected chi connectivity index (χ3v) is 4.55. The van der Waals surface area contributed by atoms with Crippen LogP contribution in [0.1, 0.15) is 0 Å². The van der Waals surface area contributed by atoms with Gasteiger partial charge in [0.25, 0.3) is 5.56 Å². The van der Waals surface area contributed by atoms with Crippen molar-refractivity contribution in [2.75, 3.05) is 11.4 Å². The Labute approximate surface area is 139 Å². The molecule has 0 N–H and O–H groups in total. The molecule has 1 aromatic carbocycles. The van der Waals surface area contributed by atoms with Crippen molar-refractivity contribution < 1.29 is 0 Å². The predicted molar refractivity (Wildman–Crippen MR) is 93.7 cm³/mol. The summed E-state index contributed by atoms with van der Waals surface area (Å²) in [4.78, 5) is 23.0. The van der Waals surface area contributed by atoms with Crippen LogP contribution in [0, 0.1) is 12.3 Å². The van der Waals surface area contributed by atoms with Crippen molar-refractivity contribution in [1.82, 2.24) is 9.97 Å². The second-order valence-electron chi connectivity index (χ2n) is 4.42. The van der Waals surface area contributed by atoms with E-state index >= 15 is 0 Å². The Kier molecular flexibility index (Phi) is 4.18. The fraction of sp³-hybridized carbons (Fsp3) is 0.0625. The van der Waals surface area contributed by atoms with Crippen LogP contribution in [0.2, 0.25) is 0 Å². The second kappa shape index (κ2) is 6.26. The summed E-state index contributed by atoms with van der Waals surface area (Å²) < 4.78 is 0.971. The normalized spacial score (nSPS) is 10.4. The van der Waals surface area contributed by atoms with E-state index in [2.05, 4.69) is 31.8 Å². The maximum Gasteiger partial charge on any atom is 0.282 e. The minimum absolute atomic E-state index is 0.295. The van der Waals surface area contributed by atoms with Crippen LogP contribution in [0.25, 0.3) is 10.2 Å². The number of benzene rings is 1. The van der Waals surface area contributed by atoms with E-state index in [1.54, 1.807) is 18.3 Å². The van der Waals surface area contributed by atoms with Crippen LogP contribution in [0.15, 0.2) is 51.9 Å². The Morgan fingerprint density at radius 1 is 1.27 bits per heavy atom. The monoisotopic (exact) mass is 371 g/mol. The number of terminal acetylenes is 1. The number of pyridine rings is 1. The van der Waals surface area contributed by atoms with Crippen molar-refractivity contribution in [2.24, 2.45) is 0 Å². The summed E-state index contributed by atoms with van der Waals surface area (Å²) in [6.45, 7) is 0.322. The van der Waals surface area contributed by atoms with Crippen LogP contribution < -0.4 is 10.5 Å². The molecule has 0 radical (unpaired) electrons. The van der Waals surface area contributed by atoms with E-state index in [0.29, 0.717) is 21.9 Å². The van der Waals surface area contributed by atoms with Gasteiger partial charge in [0.05, 0.1) is 11.9 Å². The minimum atomic E-state index is -0.295. The summed E-state index contributed by atoms with van der Waals surface area (Å²) >= 11 is 4.75. The van der Waals surface area contributed by atoms with Crippen molar-refractivity contribution in [3.63, 3.8) is 0 Å². The molecule has 3 rings (SSSR count). The quantitative estimate of drug-likeness (QED) is 0.660. The minimum Gasteiger partial charge on any atom is -0.306 e. The van der Waals surface area contributed by atoms with E-state index in [0.717, 1.165) is 10.2 Å². The van der Waals surface area contributed by atoms with Gasteiger partial charge >= 0.3 is 0 Å². The lowest BCUT2D eigenvalue weighted by Crippen LogP contribution is -2.20. The zero-order valence-electron chi connectivity index (χ0n) is 11.4. The summed E-state index contributed by atoms with van der Waals surface area (Å²) in [6, 6.07) is 11.1. The fourth-order valence-corrected chi connectivity index (χ4v) is 3.21. The molecule has 0 amide bonds. The predicted octanol–water partition coefficient (Wildman–Crippen LogP) is 3.59. The second-order valence-corrected chi connectivity index (χ2v) is 6.30. The molecule has 0 aliphatic rings. The zero-order chi connectivity index (χ0) is 15.5. The van der Waals surface area contributed by atoms with Gasteiger partial charge in [0.2, 0.25) is 0 Å². The Hall–Kier alpha value is -2.23. The first-order chi connectivity index (χ1) is 10.7. The van der Waals surface area contributed by atoms with Crippen molar-refractivity contribution in [2.45, 2.75) is 0 Å². The van der Waals surface area contributed by atoms with Crippen molar-refractivity contribution in [3.05, 3.63) is 57.4 Å². The Balaban J connectivity index is 2.15. The molecular weight excluding hydrogens is 362 g/mol. The van der Waals surface area contributed by atoms with Crippen LogP contribution in [0.4, 0.5) is 10.8 Å². The molecule has 0 spiro atoms. The summed E-state index contributed by atoms with van der Waals surface area (Å²) in [5.74, 6) is 2.61. The highest BCUT2D eigenvalue weighted by Crippen LogP contribution is 2.29. The van der Waals surface area contributed by atoms with Gasteiger partial charge in [-0.2, -0.15) is 4.98 Å². The summed E-state index contributed by atoms with van der Waals surface area (Å²) in [5.41, 5.74) is 0.579. The maximum absolute atomic E-state index is 12.2. The lowest BCUT2D eigenvalue weighted by atomic mass is 10.3. The molecule has 22 heavy (non-hydrogen) atoms. The smallest absolute Gasteiger partial charge is 0.282 e. The zero-order valence-corrected chi connectivity index (χ0v) is 13.8. The number of hydrogen-bond acceptors (Lipinski definition) is 5. The first kappa shape index (κ1) is 14.7. The van der Waals surface area contributed by atoms with Gasteiger partial charge in [-0.05, 0) is 36.4 Å². The van der Waals surface area contributed by atoms with Gasteiger partial charge < -0.3 is 4.90 Å². The van der Waals surface area contributed by atoms with Gasteiger partial charge in [-0.25, -0.2) is 4.98 Å². The standard InChI is InChI=1S/C16H10BrN3OS/c1-2-10-20(12-7-5-11(17)6-8-12)16-19-14(21)13-4-3-9-18-15(13)22-16/h1,3-9H,10H2. The van der Waals surface area contributed by atoms with Crippen molar-refractivity contribution >= 4 is 48.3 Å². The highest BCUT2D eigenvalue weighted by molar-refractivity contribution is 9.10. The molecule has 6 heteroatoms. The molecule has 0 atom stereocenters. The molecule has 0 fully saturated rings. The van der Waals surface area contributed by atoms with Crippen LogP contribution in [-0.4, -0.2) is 16.5 Å². The lowest BCUT2D eigenvalue weighted by Gasteiger charge is -2.20. The Morgan fingerprint density at radius 2 is 2.05 bits per heavy atom. The van der Waals surface area contributed by atoms with Crippen LogP contribution in [0.5, 0.6) is 0 Å². The first-order valence-electron chi connectivity index (χ1n) is 6.41. The van der Waals surface area contributed by atoms with E-state index in [4.69, 9.17) is 6.42 Å².